The van der Waals surface area contributed by atoms with Crippen molar-refractivity contribution in [2.75, 3.05) is 13.1 Å². The zero-order chi connectivity index (χ0) is 19.0. The normalized spacial score (nSPS) is 16.7. The van der Waals surface area contributed by atoms with Crippen LogP contribution in [0.5, 0.6) is 0 Å². The van der Waals surface area contributed by atoms with Gasteiger partial charge in [0.15, 0.2) is 5.76 Å². The van der Waals surface area contributed by atoms with Gasteiger partial charge in [-0.1, -0.05) is 0 Å². The van der Waals surface area contributed by atoms with Crippen LogP contribution >= 0.6 is 0 Å². The maximum atomic E-state index is 13.9. The third-order valence-corrected chi connectivity index (χ3v) is 6.42. The topological polar surface area (TPSA) is 89.4 Å². The SMILES string of the molecule is O=S(=O)(c1ccc(F)cc1F)N1CCC(c2nnc(-c3ccco3)o2)CC1. The van der Waals surface area contributed by atoms with Crippen molar-refractivity contribution in [2.24, 2.45) is 0 Å². The number of hydrogen-bond donors (Lipinski definition) is 0. The largest absolute Gasteiger partial charge is 0.459 e. The molecule has 7 nitrogen and oxygen atoms in total. The Kier molecular flexibility index (Phi) is 4.52. The number of piperidine rings is 1. The summed E-state index contributed by atoms with van der Waals surface area (Å²) in [5.74, 6) is -0.901. The molecule has 0 radical (unpaired) electrons. The van der Waals surface area contributed by atoms with E-state index in [1.807, 2.05) is 0 Å². The van der Waals surface area contributed by atoms with Crippen molar-refractivity contribution in [3.05, 3.63) is 54.1 Å². The molecule has 2 aromatic heterocycles. The molecule has 0 amide bonds. The molecule has 0 unspecified atom stereocenters. The van der Waals surface area contributed by atoms with E-state index in [-0.39, 0.29) is 24.9 Å². The van der Waals surface area contributed by atoms with Crippen molar-refractivity contribution in [1.82, 2.24) is 14.5 Å². The van der Waals surface area contributed by atoms with Gasteiger partial charge in [-0.05, 0) is 37.1 Å². The van der Waals surface area contributed by atoms with Crippen LogP contribution in [0.2, 0.25) is 0 Å². The van der Waals surface area contributed by atoms with Gasteiger partial charge in [0.25, 0.3) is 5.89 Å². The van der Waals surface area contributed by atoms with Gasteiger partial charge in [0.05, 0.1) is 6.26 Å². The van der Waals surface area contributed by atoms with Crippen molar-refractivity contribution in [3.63, 3.8) is 0 Å². The lowest BCUT2D eigenvalue weighted by Crippen LogP contribution is -2.38. The summed E-state index contributed by atoms with van der Waals surface area (Å²) in [5, 5.41) is 7.96. The molecule has 1 aromatic carbocycles. The molecule has 0 bridgehead atoms. The molecule has 1 aliphatic heterocycles. The summed E-state index contributed by atoms with van der Waals surface area (Å²) in [4.78, 5) is -0.528. The minimum Gasteiger partial charge on any atom is -0.459 e. The van der Waals surface area contributed by atoms with Crippen molar-refractivity contribution in [2.45, 2.75) is 23.7 Å². The highest BCUT2D eigenvalue weighted by molar-refractivity contribution is 7.89. The number of benzene rings is 1. The van der Waals surface area contributed by atoms with Gasteiger partial charge < -0.3 is 8.83 Å². The van der Waals surface area contributed by atoms with Crippen LogP contribution in [0.15, 0.2) is 50.3 Å². The fraction of sp³-hybridized carbons (Fsp3) is 0.294. The third-order valence-electron chi connectivity index (χ3n) is 4.49. The quantitative estimate of drug-likeness (QED) is 0.674. The molecule has 0 N–H and O–H groups in total. The van der Waals surface area contributed by atoms with Gasteiger partial charge in [0.1, 0.15) is 16.5 Å². The number of sulfonamides is 1. The van der Waals surface area contributed by atoms with E-state index in [0.29, 0.717) is 30.6 Å². The van der Waals surface area contributed by atoms with Gasteiger partial charge in [0, 0.05) is 25.1 Å². The molecule has 0 spiro atoms. The van der Waals surface area contributed by atoms with E-state index in [1.54, 1.807) is 12.1 Å². The molecule has 3 heterocycles. The van der Waals surface area contributed by atoms with Crippen LogP contribution in [0.1, 0.15) is 24.7 Å². The Morgan fingerprint density at radius 1 is 1.11 bits per heavy atom. The summed E-state index contributed by atoms with van der Waals surface area (Å²) in [6.45, 7) is 0.338. The van der Waals surface area contributed by atoms with Crippen LogP contribution in [0.3, 0.4) is 0 Å². The van der Waals surface area contributed by atoms with E-state index in [2.05, 4.69) is 10.2 Å². The lowest BCUT2D eigenvalue weighted by atomic mass is 9.98. The highest BCUT2D eigenvalue weighted by Crippen LogP contribution is 2.32. The molecular weight excluding hydrogens is 380 g/mol. The summed E-state index contributed by atoms with van der Waals surface area (Å²) in [7, 11) is -4.04. The second kappa shape index (κ2) is 6.86. The summed E-state index contributed by atoms with van der Waals surface area (Å²) < 4.78 is 64.2. The minimum atomic E-state index is -4.04. The second-order valence-corrected chi connectivity index (χ2v) is 8.08. The molecular formula is C17H15F2N3O4S. The predicted octanol–water partition coefficient (Wildman–Crippen LogP) is 3.18. The Balaban J connectivity index is 1.47. The van der Waals surface area contributed by atoms with E-state index in [9.17, 15) is 17.2 Å². The van der Waals surface area contributed by atoms with E-state index >= 15 is 0 Å². The number of hydrogen-bond acceptors (Lipinski definition) is 6. The van der Waals surface area contributed by atoms with E-state index in [4.69, 9.17) is 8.83 Å². The molecule has 0 aliphatic carbocycles. The fourth-order valence-electron chi connectivity index (χ4n) is 3.07. The van der Waals surface area contributed by atoms with E-state index in [1.165, 1.54) is 10.6 Å². The van der Waals surface area contributed by atoms with Crippen LogP contribution in [0, 0.1) is 11.6 Å². The van der Waals surface area contributed by atoms with Crippen LogP contribution in [-0.2, 0) is 10.0 Å². The van der Waals surface area contributed by atoms with E-state index in [0.717, 1.165) is 12.1 Å². The summed E-state index contributed by atoms with van der Waals surface area (Å²) in [5.41, 5.74) is 0. The number of aromatic nitrogens is 2. The van der Waals surface area contributed by atoms with Crippen LogP contribution in [-0.4, -0.2) is 36.0 Å². The highest BCUT2D eigenvalue weighted by Gasteiger charge is 2.33. The lowest BCUT2D eigenvalue weighted by Gasteiger charge is -2.29. The first-order valence-corrected chi connectivity index (χ1v) is 9.71. The first-order valence-electron chi connectivity index (χ1n) is 8.27. The molecule has 0 saturated carbocycles. The van der Waals surface area contributed by atoms with Gasteiger partial charge in [-0.2, -0.15) is 4.31 Å². The maximum Gasteiger partial charge on any atom is 0.283 e. The molecule has 10 heteroatoms. The zero-order valence-electron chi connectivity index (χ0n) is 14.0. The molecule has 142 valence electrons. The Labute approximate surface area is 153 Å². The second-order valence-electron chi connectivity index (χ2n) is 6.18. The average molecular weight is 395 g/mol. The van der Waals surface area contributed by atoms with Gasteiger partial charge in [-0.15, -0.1) is 10.2 Å². The van der Waals surface area contributed by atoms with Gasteiger partial charge in [0.2, 0.25) is 15.9 Å². The highest BCUT2D eigenvalue weighted by atomic mass is 32.2. The summed E-state index contributed by atoms with van der Waals surface area (Å²) >= 11 is 0. The van der Waals surface area contributed by atoms with Crippen molar-refractivity contribution in [3.8, 4) is 11.7 Å². The van der Waals surface area contributed by atoms with Crippen molar-refractivity contribution < 1.29 is 26.0 Å². The average Bonchev–Trinajstić information content (AvgIpc) is 3.33. The maximum absolute atomic E-state index is 13.9. The Morgan fingerprint density at radius 2 is 1.89 bits per heavy atom. The molecule has 1 aliphatic rings. The number of furan rings is 1. The van der Waals surface area contributed by atoms with Crippen molar-refractivity contribution >= 4 is 10.0 Å². The number of nitrogens with zero attached hydrogens (tertiary/aromatic N) is 3. The van der Waals surface area contributed by atoms with E-state index < -0.39 is 26.6 Å². The van der Waals surface area contributed by atoms with Crippen LogP contribution in [0.25, 0.3) is 11.7 Å². The summed E-state index contributed by atoms with van der Waals surface area (Å²) in [6.07, 6.45) is 2.39. The number of halogens is 2. The Bertz CT molecular complexity index is 1040. The standard InChI is InChI=1S/C17H15F2N3O4S/c18-12-3-4-15(13(19)10-12)27(23,24)22-7-5-11(6-8-22)16-20-21-17(26-16)14-2-1-9-25-14/h1-4,9-11H,5-8H2. The molecule has 1 saturated heterocycles. The smallest absolute Gasteiger partial charge is 0.283 e. The van der Waals surface area contributed by atoms with Crippen LogP contribution < -0.4 is 0 Å². The lowest BCUT2D eigenvalue weighted by molar-refractivity contribution is 0.290. The fourth-order valence-corrected chi connectivity index (χ4v) is 4.58. The first-order chi connectivity index (χ1) is 12.9. The van der Waals surface area contributed by atoms with Crippen LogP contribution in [0.4, 0.5) is 8.78 Å². The Morgan fingerprint density at radius 3 is 2.56 bits per heavy atom. The third kappa shape index (κ3) is 3.37. The zero-order valence-corrected chi connectivity index (χ0v) is 14.8. The van der Waals surface area contributed by atoms with Gasteiger partial charge in [-0.25, -0.2) is 17.2 Å². The minimum absolute atomic E-state index is 0.106. The molecule has 27 heavy (non-hydrogen) atoms. The molecule has 1 fully saturated rings. The first kappa shape index (κ1) is 17.8. The van der Waals surface area contributed by atoms with Gasteiger partial charge in [-0.3, -0.25) is 0 Å². The van der Waals surface area contributed by atoms with Crippen molar-refractivity contribution in [1.29, 1.82) is 0 Å². The Hall–Kier alpha value is -2.59. The molecule has 3 aromatic rings. The van der Waals surface area contributed by atoms with Gasteiger partial charge >= 0.3 is 0 Å². The monoisotopic (exact) mass is 395 g/mol. The summed E-state index contributed by atoms with van der Waals surface area (Å²) in [6, 6.07) is 5.84. The molecule has 4 rings (SSSR count). The number of rotatable bonds is 4. The molecule has 0 atom stereocenters. The predicted molar refractivity (Wildman–Crippen MR) is 89.1 cm³/mol.